The molecule has 1 saturated carbocycles. The van der Waals surface area contributed by atoms with Gasteiger partial charge in [-0.05, 0) is 18.8 Å². The van der Waals surface area contributed by atoms with Crippen molar-refractivity contribution < 1.29 is 4.74 Å². The fraction of sp³-hybridized carbons (Fsp3) is 0.375. The second-order valence-corrected chi connectivity index (χ2v) is 5.39. The highest BCUT2D eigenvalue weighted by Gasteiger charge is 2.16. The normalized spacial score (nSPS) is 15.1. The van der Waals surface area contributed by atoms with E-state index in [1.54, 1.807) is 6.07 Å². The molecule has 0 radical (unpaired) electrons. The zero-order valence-corrected chi connectivity index (χ0v) is 12.0. The molecule has 1 heterocycles. The summed E-state index contributed by atoms with van der Waals surface area (Å²) in [6.45, 7) is 0.718. The number of ether oxygens (including phenoxy) is 1. The molecule has 0 bridgehead atoms. The maximum absolute atomic E-state index is 5.85. The minimum Gasteiger partial charge on any atom is -0.477 e. The number of rotatable bonds is 5. The summed E-state index contributed by atoms with van der Waals surface area (Å²) in [6.07, 6.45) is 5.11. The van der Waals surface area contributed by atoms with Gasteiger partial charge in [-0.15, -0.1) is 0 Å². The van der Waals surface area contributed by atoms with Crippen LogP contribution in [-0.2, 0) is 0 Å². The maximum atomic E-state index is 5.85. The van der Waals surface area contributed by atoms with Crippen molar-refractivity contribution in [3.05, 3.63) is 36.4 Å². The zero-order chi connectivity index (χ0) is 14.5. The van der Waals surface area contributed by atoms with Crippen LogP contribution >= 0.6 is 0 Å². The van der Waals surface area contributed by atoms with E-state index in [0.717, 1.165) is 12.2 Å². The number of hydrazine groups is 1. The van der Waals surface area contributed by atoms with Gasteiger partial charge in [-0.25, -0.2) is 10.8 Å². The Morgan fingerprint density at radius 1 is 1.14 bits per heavy atom. The molecule has 1 aliphatic carbocycles. The number of anilines is 1. The Balaban J connectivity index is 1.79. The number of nitrogens with zero attached hydrogens (tertiary/aromatic N) is 2. The molecule has 1 aromatic heterocycles. The minimum atomic E-state index is 0.560. The summed E-state index contributed by atoms with van der Waals surface area (Å²) in [4.78, 5) is 8.86. The molecule has 0 amide bonds. The van der Waals surface area contributed by atoms with E-state index < -0.39 is 0 Å². The molecule has 3 rings (SSSR count). The van der Waals surface area contributed by atoms with Crippen LogP contribution in [0.3, 0.4) is 0 Å². The van der Waals surface area contributed by atoms with Crippen LogP contribution in [0.5, 0.6) is 5.88 Å². The largest absolute Gasteiger partial charge is 0.477 e. The summed E-state index contributed by atoms with van der Waals surface area (Å²) in [7, 11) is 0. The first-order valence-corrected chi connectivity index (χ1v) is 7.39. The molecule has 110 valence electrons. The van der Waals surface area contributed by atoms with Crippen molar-refractivity contribution in [1.82, 2.24) is 9.97 Å². The molecule has 1 fully saturated rings. The van der Waals surface area contributed by atoms with Gasteiger partial charge < -0.3 is 10.2 Å². The Hall–Kier alpha value is -2.14. The van der Waals surface area contributed by atoms with Crippen LogP contribution in [0.2, 0.25) is 0 Å². The topological polar surface area (TPSA) is 73.1 Å². The summed E-state index contributed by atoms with van der Waals surface area (Å²) < 4.78 is 5.85. The fourth-order valence-electron chi connectivity index (χ4n) is 2.67. The van der Waals surface area contributed by atoms with Gasteiger partial charge >= 0.3 is 0 Å². The van der Waals surface area contributed by atoms with E-state index in [4.69, 9.17) is 10.6 Å². The van der Waals surface area contributed by atoms with E-state index in [0.29, 0.717) is 23.4 Å². The van der Waals surface area contributed by atoms with Gasteiger partial charge in [-0.2, -0.15) is 4.98 Å². The highest BCUT2D eigenvalue weighted by molar-refractivity contribution is 5.57. The molecule has 2 aromatic rings. The number of hydrogen-bond donors (Lipinski definition) is 2. The second kappa shape index (κ2) is 6.54. The molecule has 21 heavy (non-hydrogen) atoms. The number of nitrogens with two attached hydrogens (primary N) is 1. The Morgan fingerprint density at radius 3 is 2.62 bits per heavy atom. The van der Waals surface area contributed by atoms with Crippen molar-refractivity contribution in [2.24, 2.45) is 11.8 Å². The highest BCUT2D eigenvalue weighted by atomic mass is 16.5. The van der Waals surface area contributed by atoms with Crippen LogP contribution < -0.4 is 16.0 Å². The van der Waals surface area contributed by atoms with E-state index in [-0.39, 0.29) is 0 Å². The number of benzene rings is 1. The number of hydrogen-bond acceptors (Lipinski definition) is 5. The predicted molar refractivity (Wildman–Crippen MR) is 82.7 cm³/mol. The monoisotopic (exact) mass is 284 g/mol. The quantitative estimate of drug-likeness (QED) is 0.652. The molecule has 5 nitrogen and oxygen atoms in total. The van der Waals surface area contributed by atoms with Gasteiger partial charge in [0.05, 0.1) is 6.61 Å². The first kappa shape index (κ1) is 13.8. The summed E-state index contributed by atoms with van der Waals surface area (Å²) in [6, 6.07) is 11.6. The summed E-state index contributed by atoms with van der Waals surface area (Å²) in [5, 5.41) is 0. The van der Waals surface area contributed by atoms with Crippen LogP contribution in [-0.4, -0.2) is 16.6 Å². The lowest BCUT2D eigenvalue weighted by molar-refractivity contribution is 0.243. The first-order valence-electron chi connectivity index (χ1n) is 7.39. The van der Waals surface area contributed by atoms with Crippen molar-refractivity contribution in [2.75, 3.05) is 12.0 Å². The van der Waals surface area contributed by atoms with Gasteiger partial charge in [0, 0.05) is 11.6 Å². The SMILES string of the molecule is NNc1cc(OCC2CCCC2)nc(-c2ccccc2)n1. The smallest absolute Gasteiger partial charge is 0.219 e. The molecule has 0 spiro atoms. The van der Waals surface area contributed by atoms with Crippen LogP contribution in [0.15, 0.2) is 36.4 Å². The van der Waals surface area contributed by atoms with Crippen molar-refractivity contribution in [1.29, 1.82) is 0 Å². The maximum Gasteiger partial charge on any atom is 0.219 e. The molecule has 0 atom stereocenters. The van der Waals surface area contributed by atoms with E-state index in [2.05, 4.69) is 15.4 Å². The van der Waals surface area contributed by atoms with Gasteiger partial charge in [0.15, 0.2) is 5.82 Å². The highest BCUT2D eigenvalue weighted by Crippen LogP contribution is 2.26. The summed E-state index contributed by atoms with van der Waals surface area (Å²) >= 11 is 0. The molecule has 0 aliphatic heterocycles. The Morgan fingerprint density at radius 2 is 1.90 bits per heavy atom. The van der Waals surface area contributed by atoms with Crippen LogP contribution in [0, 0.1) is 5.92 Å². The third-order valence-electron chi connectivity index (χ3n) is 3.82. The zero-order valence-electron chi connectivity index (χ0n) is 12.0. The molecule has 3 N–H and O–H groups in total. The lowest BCUT2D eigenvalue weighted by atomic mass is 10.1. The van der Waals surface area contributed by atoms with Gasteiger partial charge in [-0.1, -0.05) is 43.2 Å². The van der Waals surface area contributed by atoms with Crippen LogP contribution in [0.4, 0.5) is 5.82 Å². The Labute approximate surface area is 124 Å². The second-order valence-electron chi connectivity index (χ2n) is 5.39. The number of aromatic nitrogens is 2. The van der Waals surface area contributed by atoms with Crippen LogP contribution in [0.25, 0.3) is 11.4 Å². The van der Waals surface area contributed by atoms with Crippen molar-refractivity contribution in [3.8, 4) is 17.3 Å². The molecule has 0 unspecified atom stereocenters. The molecular weight excluding hydrogens is 264 g/mol. The van der Waals surface area contributed by atoms with E-state index in [9.17, 15) is 0 Å². The standard InChI is InChI=1S/C16H20N4O/c17-20-14-10-15(21-11-12-6-4-5-7-12)19-16(18-14)13-8-2-1-3-9-13/h1-3,8-10,12H,4-7,11,17H2,(H,18,19,20). The van der Waals surface area contributed by atoms with Crippen molar-refractivity contribution in [2.45, 2.75) is 25.7 Å². The van der Waals surface area contributed by atoms with Crippen molar-refractivity contribution in [3.63, 3.8) is 0 Å². The summed E-state index contributed by atoms with van der Waals surface area (Å²) in [5.41, 5.74) is 3.52. The average molecular weight is 284 g/mol. The minimum absolute atomic E-state index is 0.560. The van der Waals surface area contributed by atoms with Gasteiger partial charge in [0.1, 0.15) is 5.82 Å². The van der Waals surface area contributed by atoms with Gasteiger partial charge in [0.25, 0.3) is 0 Å². The summed E-state index contributed by atoms with van der Waals surface area (Å²) in [5.74, 6) is 7.89. The molecule has 1 aliphatic rings. The number of nitrogens with one attached hydrogen (secondary N) is 1. The predicted octanol–water partition coefficient (Wildman–Crippen LogP) is 3.00. The lowest BCUT2D eigenvalue weighted by Crippen LogP contribution is -2.12. The number of nitrogen functional groups attached to an aromatic ring is 1. The molecule has 0 saturated heterocycles. The van der Waals surface area contributed by atoms with E-state index in [1.165, 1.54) is 25.7 Å². The molecule has 1 aromatic carbocycles. The first-order chi connectivity index (χ1) is 10.3. The molecular formula is C16H20N4O. The average Bonchev–Trinajstić information content (AvgIpc) is 3.07. The van der Waals surface area contributed by atoms with Crippen molar-refractivity contribution >= 4 is 5.82 Å². The van der Waals surface area contributed by atoms with E-state index >= 15 is 0 Å². The van der Waals surface area contributed by atoms with Gasteiger partial charge in [0.2, 0.25) is 5.88 Å². The molecule has 5 heteroatoms. The van der Waals surface area contributed by atoms with E-state index in [1.807, 2.05) is 30.3 Å². The Bertz CT molecular complexity index is 582. The lowest BCUT2D eigenvalue weighted by Gasteiger charge is -2.12. The van der Waals surface area contributed by atoms with Gasteiger partial charge in [-0.3, -0.25) is 0 Å². The van der Waals surface area contributed by atoms with Crippen LogP contribution in [0.1, 0.15) is 25.7 Å². The third-order valence-corrected chi connectivity index (χ3v) is 3.82. The Kier molecular flexibility index (Phi) is 4.31. The fourth-order valence-corrected chi connectivity index (χ4v) is 2.67. The third kappa shape index (κ3) is 3.49.